The second-order valence-electron chi connectivity index (χ2n) is 5.72. The van der Waals surface area contributed by atoms with Gasteiger partial charge in [0.15, 0.2) is 9.84 Å². The molecular weight excluding hydrogens is 384 g/mol. The number of hydrogen-bond acceptors (Lipinski definition) is 6. The fourth-order valence-corrected chi connectivity index (χ4v) is 4.96. The van der Waals surface area contributed by atoms with E-state index >= 15 is 0 Å². The number of methoxy groups -OCH3 is 2. The zero-order valence-electron chi connectivity index (χ0n) is 14.8. The van der Waals surface area contributed by atoms with Gasteiger partial charge in [0.05, 0.1) is 24.9 Å². The van der Waals surface area contributed by atoms with Crippen LogP contribution < -0.4 is 4.74 Å². The van der Waals surface area contributed by atoms with Crippen molar-refractivity contribution in [2.45, 2.75) is 10.6 Å². The summed E-state index contributed by atoms with van der Waals surface area (Å²) in [6, 6.07) is 15.3. The third kappa shape index (κ3) is 3.89. The van der Waals surface area contributed by atoms with Crippen molar-refractivity contribution in [1.29, 1.82) is 0 Å². The van der Waals surface area contributed by atoms with Crippen LogP contribution in [0, 0.1) is 0 Å². The van der Waals surface area contributed by atoms with Gasteiger partial charge in [-0.05, 0) is 35.2 Å². The third-order valence-electron chi connectivity index (χ3n) is 4.07. The van der Waals surface area contributed by atoms with Crippen molar-refractivity contribution in [3.8, 4) is 16.2 Å². The maximum absolute atomic E-state index is 12.8. The zero-order chi connectivity index (χ0) is 19.4. The molecule has 0 N–H and O–H groups in total. The van der Waals surface area contributed by atoms with E-state index in [2.05, 4.69) is 0 Å². The van der Waals surface area contributed by atoms with Crippen LogP contribution >= 0.6 is 11.3 Å². The molecule has 0 fully saturated rings. The topological polar surface area (TPSA) is 69.7 Å². The molecule has 0 amide bonds. The number of sulfone groups is 1. The van der Waals surface area contributed by atoms with E-state index in [1.807, 2.05) is 17.5 Å². The third-order valence-corrected chi connectivity index (χ3v) is 6.66. The Balaban J connectivity index is 2.14. The Morgan fingerprint density at radius 1 is 1.00 bits per heavy atom. The molecule has 5 nitrogen and oxygen atoms in total. The summed E-state index contributed by atoms with van der Waals surface area (Å²) >= 11 is 1.50. The molecule has 1 heterocycles. The molecule has 0 saturated heterocycles. The lowest BCUT2D eigenvalue weighted by atomic mass is 10.0. The van der Waals surface area contributed by atoms with Crippen LogP contribution in [0.5, 0.6) is 5.75 Å². The highest BCUT2D eigenvalue weighted by Gasteiger charge is 2.26. The van der Waals surface area contributed by atoms with Crippen LogP contribution in [0.1, 0.15) is 15.9 Å². The van der Waals surface area contributed by atoms with Crippen LogP contribution in [0.3, 0.4) is 0 Å². The molecule has 0 bridgehead atoms. The van der Waals surface area contributed by atoms with Gasteiger partial charge in [0, 0.05) is 10.4 Å². The van der Waals surface area contributed by atoms with Crippen molar-refractivity contribution >= 4 is 27.1 Å². The predicted octanol–water partition coefficient (Wildman–Crippen LogP) is 4.18. The van der Waals surface area contributed by atoms with Crippen molar-refractivity contribution in [2.75, 3.05) is 14.2 Å². The fourth-order valence-electron chi connectivity index (χ4n) is 2.82. The first kappa shape index (κ1) is 19.1. The zero-order valence-corrected chi connectivity index (χ0v) is 16.5. The number of hydrogen-bond donors (Lipinski definition) is 0. The quantitative estimate of drug-likeness (QED) is 0.579. The average molecular weight is 402 g/mol. The smallest absolute Gasteiger partial charge is 0.341 e. The number of esters is 1. The van der Waals surface area contributed by atoms with Crippen LogP contribution in [0.4, 0.5) is 0 Å². The minimum Gasteiger partial charge on any atom is -0.495 e. The van der Waals surface area contributed by atoms with E-state index in [1.165, 1.54) is 37.7 Å². The van der Waals surface area contributed by atoms with E-state index in [-0.39, 0.29) is 16.2 Å². The van der Waals surface area contributed by atoms with Crippen molar-refractivity contribution < 1.29 is 22.7 Å². The van der Waals surface area contributed by atoms with Gasteiger partial charge >= 0.3 is 5.97 Å². The summed E-state index contributed by atoms with van der Waals surface area (Å²) < 4.78 is 36.0. The standard InChI is InChI=1S/C20H18O5S2/c1-24-19-16(17-9-6-12-26-17)11-10-14(18(19)20(21)25-2)13-27(22,23)15-7-4-3-5-8-15/h3-12H,13H2,1-2H3. The first-order valence-corrected chi connectivity index (χ1v) is 10.6. The van der Waals surface area contributed by atoms with Crippen molar-refractivity contribution in [1.82, 2.24) is 0 Å². The van der Waals surface area contributed by atoms with Gasteiger partial charge in [0.25, 0.3) is 0 Å². The molecule has 3 rings (SSSR count). The van der Waals surface area contributed by atoms with Crippen LogP contribution in [0.25, 0.3) is 10.4 Å². The van der Waals surface area contributed by atoms with Crippen LogP contribution in [0.2, 0.25) is 0 Å². The molecule has 0 aliphatic carbocycles. The van der Waals surface area contributed by atoms with Gasteiger partial charge in [0.1, 0.15) is 11.3 Å². The summed E-state index contributed by atoms with van der Waals surface area (Å²) in [4.78, 5) is 13.6. The van der Waals surface area contributed by atoms with Gasteiger partial charge in [-0.3, -0.25) is 0 Å². The molecule has 7 heteroatoms. The Morgan fingerprint density at radius 2 is 1.74 bits per heavy atom. The average Bonchev–Trinajstić information content (AvgIpc) is 3.22. The molecule has 2 aromatic carbocycles. The van der Waals surface area contributed by atoms with Gasteiger partial charge in [-0.25, -0.2) is 13.2 Å². The summed E-state index contributed by atoms with van der Waals surface area (Å²) in [5.74, 6) is -0.656. The van der Waals surface area contributed by atoms with Gasteiger partial charge < -0.3 is 9.47 Å². The monoisotopic (exact) mass is 402 g/mol. The van der Waals surface area contributed by atoms with Crippen LogP contribution in [-0.2, 0) is 20.3 Å². The SMILES string of the molecule is COC(=O)c1c(CS(=O)(=O)c2ccccc2)ccc(-c2cccs2)c1OC. The molecule has 3 aromatic rings. The van der Waals surface area contributed by atoms with E-state index in [1.54, 1.807) is 30.3 Å². The first-order valence-electron chi connectivity index (χ1n) is 8.08. The van der Waals surface area contributed by atoms with E-state index in [0.29, 0.717) is 16.9 Å². The summed E-state index contributed by atoms with van der Waals surface area (Å²) in [6.45, 7) is 0. The molecular formula is C20H18O5S2. The van der Waals surface area contributed by atoms with Crippen molar-refractivity contribution in [3.05, 3.63) is 71.1 Å². The van der Waals surface area contributed by atoms with Gasteiger partial charge in [-0.1, -0.05) is 30.3 Å². The molecule has 0 unspecified atom stereocenters. The Kier molecular flexibility index (Phi) is 5.62. The van der Waals surface area contributed by atoms with E-state index in [0.717, 1.165) is 4.88 Å². The van der Waals surface area contributed by atoms with Crippen LogP contribution in [-0.4, -0.2) is 28.6 Å². The maximum Gasteiger partial charge on any atom is 0.341 e. The highest BCUT2D eigenvalue weighted by atomic mass is 32.2. The number of ether oxygens (including phenoxy) is 2. The molecule has 27 heavy (non-hydrogen) atoms. The minimum atomic E-state index is -3.63. The second kappa shape index (κ2) is 7.94. The molecule has 140 valence electrons. The normalized spacial score (nSPS) is 11.2. The molecule has 1 aromatic heterocycles. The molecule has 0 radical (unpaired) electrons. The van der Waals surface area contributed by atoms with Crippen molar-refractivity contribution in [2.24, 2.45) is 0 Å². The molecule has 0 aliphatic heterocycles. The lowest BCUT2D eigenvalue weighted by Crippen LogP contribution is -2.13. The van der Waals surface area contributed by atoms with Gasteiger partial charge in [-0.2, -0.15) is 0 Å². The minimum absolute atomic E-state index is 0.130. The number of rotatable bonds is 6. The summed E-state index contributed by atoms with van der Waals surface area (Å²) in [5.41, 5.74) is 1.18. The first-order chi connectivity index (χ1) is 13.0. The number of benzene rings is 2. The number of carbonyl (C=O) groups excluding carboxylic acids is 1. The molecule has 0 spiro atoms. The Hall–Kier alpha value is -2.64. The predicted molar refractivity (Wildman–Crippen MR) is 105 cm³/mol. The fraction of sp³-hybridized carbons (Fsp3) is 0.150. The number of thiophene rings is 1. The van der Waals surface area contributed by atoms with Crippen molar-refractivity contribution in [3.63, 3.8) is 0 Å². The molecule has 0 saturated carbocycles. The van der Waals surface area contributed by atoms with Gasteiger partial charge in [0.2, 0.25) is 0 Å². The maximum atomic E-state index is 12.8. The lowest BCUT2D eigenvalue weighted by Gasteiger charge is -2.16. The Bertz CT molecular complexity index is 1040. The summed E-state index contributed by atoms with van der Waals surface area (Å²) in [6.07, 6.45) is 0. The van der Waals surface area contributed by atoms with E-state index in [4.69, 9.17) is 9.47 Å². The molecule has 0 atom stereocenters. The second-order valence-corrected chi connectivity index (χ2v) is 8.66. The molecule has 0 aliphatic rings. The van der Waals surface area contributed by atoms with E-state index in [9.17, 15) is 13.2 Å². The highest BCUT2D eigenvalue weighted by molar-refractivity contribution is 7.90. The van der Waals surface area contributed by atoms with E-state index < -0.39 is 15.8 Å². The highest BCUT2D eigenvalue weighted by Crippen LogP contribution is 2.38. The number of carbonyl (C=O) groups is 1. The van der Waals surface area contributed by atoms with Crippen LogP contribution in [0.15, 0.2) is 64.9 Å². The summed E-state index contributed by atoms with van der Waals surface area (Å²) in [7, 11) is -0.918. The Labute approximate surface area is 162 Å². The largest absolute Gasteiger partial charge is 0.495 e. The Morgan fingerprint density at radius 3 is 2.33 bits per heavy atom. The summed E-state index contributed by atoms with van der Waals surface area (Å²) in [5, 5.41) is 1.92. The lowest BCUT2D eigenvalue weighted by molar-refractivity contribution is 0.0596. The van der Waals surface area contributed by atoms with Gasteiger partial charge in [-0.15, -0.1) is 11.3 Å².